The summed E-state index contributed by atoms with van der Waals surface area (Å²) in [7, 11) is 0. The Kier molecular flexibility index (Phi) is 8.39. The van der Waals surface area contributed by atoms with Crippen LogP contribution in [-0.2, 0) is 23.8 Å². The minimum absolute atomic E-state index is 0.0630. The standard InChI is InChI=1S/C24H24O10/c25-13-18-23(33-19(28)11-5-14-1-7-16(26)8-2-14)21(30)22(31)24(32-18)34-20(29)12-6-15-3-9-17(27)10-4-15/h1-12,18,21-27,30-31H,13H2/t18-,21-,22-,23-,24+/m1/s1. The maximum absolute atomic E-state index is 12.2. The van der Waals surface area contributed by atoms with Crippen molar-refractivity contribution in [2.24, 2.45) is 0 Å². The molecule has 1 saturated heterocycles. The third kappa shape index (κ3) is 6.65. The van der Waals surface area contributed by atoms with Gasteiger partial charge in [0.15, 0.2) is 6.10 Å². The van der Waals surface area contributed by atoms with Gasteiger partial charge < -0.3 is 39.7 Å². The first-order chi connectivity index (χ1) is 16.3. The van der Waals surface area contributed by atoms with E-state index in [9.17, 15) is 35.1 Å². The van der Waals surface area contributed by atoms with Gasteiger partial charge in [0.05, 0.1) is 6.61 Å². The fourth-order valence-corrected chi connectivity index (χ4v) is 3.12. The normalized spacial score (nSPS) is 24.9. The molecule has 10 heteroatoms. The molecule has 5 N–H and O–H groups in total. The van der Waals surface area contributed by atoms with Crippen molar-refractivity contribution in [2.45, 2.75) is 30.7 Å². The Hall–Kier alpha value is -3.70. The van der Waals surface area contributed by atoms with Crippen molar-refractivity contribution in [3.8, 4) is 11.5 Å². The average molecular weight is 472 g/mol. The van der Waals surface area contributed by atoms with E-state index < -0.39 is 49.3 Å². The van der Waals surface area contributed by atoms with Gasteiger partial charge in [0.25, 0.3) is 0 Å². The molecule has 1 aliphatic rings. The topological polar surface area (TPSA) is 163 Å². The number of carbonyl (C=O) groups is 2. The third-order valence-electron chi connectivity index (χ3n) is 4.92. The second-order valence-electron chi connectivity index (χ2n) is 7.39. The van der Waals surface area contributed by atoms with Gasteiger partial charge in [-0.2, -0.15) is 0 Å². The molecule has 0 amide bonds. The minimum Gasteiger partial charge on any atom is -0.508 e. The van der Waals surface area contributed by atoms with E-state index in [2.05, 4.69) is 0 Å². The van der Waals surface area contributed by atoms with Gasteiger partial charge in [-0.25, -0.2) is 9.59 Å². The summed E-state index contributed by atoms with van der Waals surface area (Å²) in [6.07, 6.45) is -2.85. The largest absolute Gasteiger partial charge is 0.508 e. The molecule has 0 aromatic heterocycles. The highest BCUT2D eigenvalue weighted by Gasteiger charge is 2.47. The van der Waals surface area contributed by atoms with Crippen LogP contribution < -0.4 is 0 Å². The highest BCUT2D eigenvalue weighted by molar-refractivity contribution is 5.87. The highest BCUT2D eigenvalue weighted by Crippen LogP contribution is 2.25. The maximum atomic E-state index is 12.2. The number of hydrogen-bond acceptors (Lipinski definition) is 10. The van der Waals surface area contributed by atoms with Crippen molar-refractivity contribution in [3.05, 3.63) is 71.8 Å². The highest BCUT2D eigenvalue weighted by atomic mass is 16.7. The van der Waals surface area contributed by atoms with Crippen molar-refractivity contribution in [1.29, 1.82) is 0 Å². The Morgan fingerprint density at radius 1 is 0.794 bits per heavy atom. The zero-order valence-corrected chi connectivity index (χ0v) is 17.8. The number of ether oxygens (including phenoxy) is 3. The molecule has 0 bridgehead atoms. The second-order valence-corrected chi connectivity index (χ2v) is 7.39. The van der Waals surface area contributed by atoms with Crippen molar-refractivity contribution in [3.63, 3.8) is 0 Å². The lowest BCUT2D eigenvalue weighted by atomic mass is 9.99. The van der Waals surface area contributed by atoms with Crippen LogP contribution in [0.4, 0.5) is 0 Å². The van der Waals surface area contributed by atoms with Gasteiger partial charge >= 0.3 is 11.9 Å². The monoisotopic (exact) mass is 472 g/mol. The lowest BCUT2D eigenvalue weighted by molar-refractivity contribution is -0.293. The summed E-state index contributed by atoms with van der Waals surface area (Å²) in [4.78, 5) is 24.3. The van der Waals surface area contributed by atoms with E-state index in [1.807, 2.05) is 0 Å². The number of phenols is 2. The Morgan fingerprint density at radius 2 is 1.26 bits per heavy atom. The van der Waals surface area contributed by atoms with Crippen LogP contribution in [0.1, 0.15) is 11.1 Å². The summed E-state index contributed by atoms with van der Waals surface area (Å²) in [6.45, 7) is -0.694. The Balaban J connectivity index is 1.59. The molecule has 5 atom stereocenters. The number of aliphatic hydroxyl groups is 3. The SMILES string of the molecule is O=C(C=Cc1ccc(O)cc1)O[C@@H]1O[C@H](CO)[C@@H](OC(=O)C=Cc2ccc(O)cc2)[C@H](O)[C@H]1O. The van der Waals surface area contributed by atoms with Gasteiger partial charge in [-0.05, 0) is 47.5 Å². The van der Waals surface area contributed by atoms with Crippen molar-refractivity contribution in [2.75, 3.05) is 6.61 Å². The molecule has 34 heavy (non-hydrogen) atoms. The first-order valence-corrected chi connectivity index (χ1v) is 10.2. The van der Waals surface area contributed by atoms with E-state index in [0.29, 0.717) is 11.1 Å². The molecular weight excluding hydrogens is 448 g/mol. The maximum Gasteiger partial charge on any atom is 0.333 e. The van der Waals surface area contributed by atoms with E-state index in [-0.39, 0.29) is 11.5 Å². The first kappa shape index (κ1) is 24.9. The first-order valence-electron chi connectivity index (χ1n) is 10.2. The fourth-order valence-electron chi connectivity index (χ4n) is 3.12. The Morgan fingerprint density at radius 3 is 1.74 bits per heavy atom. The number of aliphatic hydroxyl groups excluding tert-OH is 3. The molecule has 0 saturated carbocycles. The van der Waals surface area contributed by atoms with E-state index >= 15 is 0 Å². The van der Waals surface area contributed by atoms with E-state index in [1.165, 1.54) is 36.4 Å². The molecule has 2 aromatic carbocycles. The van der Waals surface area contributed by atoms with Crippen LogP contribution in [0.2, 0.25) is 0 Å². The summed E-state index contributed by atoms with van der Waals surface area (Å²) < 4.78 is 15.5. The number of aromatic hydroxyl groups is 2. The van der Waals surface area contributed by atoms with Crippen LogP contribution in [0.3, 0.4) is 0 Å². The Labute approximate surface area is 194 Å². The number of benzene rings is 2. The number of phenolic OH excluding ortho intramolecular Hbond substituents is 2. The quantitative estimate of drug-likeness (QED) is 0.287. The van der Waals surface area contributed by atoms with Gasteiger partial charge in [0.2, 0.25) is 6.29 Å². The van der Waals surface area contributed by atoms with Crippen LogP contribution in [0.25, 0.3) is 12.2 Å². The molecule has 10 nitrogen and oxygen atoms in total. The summed E-state index contributed by atoms with van der Waals surface area (Å²) >= 11 is 0. The molecule has 0 radical (unpaired) electrons. The van der Waals surface area contributed by atoms with Crippen LogP contribution in [0.15, 0.2) is 60.7 Å². The third-order valence-corrected chi connectivity index (χ3v) is 4.92. The van der Waals surface area contributed by atoms with Crippen molar-refractivity contribution in [1.82, 2.24) is 0 Å². The van der Waals surface area contributed by atoms with Crippen LogP contribution in [0.5, 0.6) is 11.5 Å². The zero-order chi connectivity index (χ0) is 24.7. The van der Waals surface area contributed by atoms with E-state index in [1.54, 1.807) is 24.3 Å². The predicted octanol–water partition coefficient (Wildman–Crippen LogP) is 0.718. The molecule has 1 fully saturated rings. The van der Waals surface area contributed by atoms with Gasteiger partial charge in [0, 0.05) is 12.2 Å². The summed E-state index contributed by atoms with van der Waals surface area (Å²) in [6, 6.07) is 12.0. The molecule has 180 valence electrons. The Bertz CT molecular complexity index is 1030. The summed E-state index contributed by atoms with van der Waals surface area (Å²) in [5.74, 6) is -1.64. The smallest absolute Gasteiger partial charge is 0.333 e. The molecule has 0 aliphatic carbocycles. The molecule has 1 aliphatic heterocycles. The lowest BCUT2D eigenvalue weighted by Crippen LogP contribution is -2.60. The van der Waals surface area contributed by atoms with Crippen LogP contribution in [0, 0.1) is 0 Å². The molecular formula is C24H24O10. The zero-order valence-electron chi connectivity index (χ0n) is 17.8. The summed E-state index contributed by atoms with van der Waals surface area (Å²) in [5.41, 5.74) is 1.20. The molecule has 3 rings (SSSR count). The predicted molar refractivity (Wildman–Crippen MR) is 118 cm³/mol. The molecule has 0 unspecified atom stereocenters. The van der Waals surface area contributed by atoms with E-state index in [0.717, 1.165) is 12.2 Å². The lowest BCUT2D eigenvalue weighted by Gasteiger charge is -2.40. The van der Waals surface area contributed by atoms with Gasteiger partial charge in [-0.3, -0.25) is 0 Å². The number of rotatable bonds is 7. The minimum atomic E-state index is -1.76. The fraction of sp³-hybridized carbons (Fsp3) is 0.250. The number of hydrogen-bond donors (Lipinski definition) is 5. The molecule has 0 spiro atoms. The van der Waals surface area contributed by atoms with Crippen LogP contribution >= 0.6 is 0 Å². The second kappa shape index (κ2) is 11.4. The van der Waals surface area contributed by atoms with Crippen LogP contribution in [-0.4, -0.2) is 74.8 Å². The van der Waals surface area contributed by atoms with Gasteiger partial charge in [-0.15, -0.1) is 0 Å². The van der Waals surface area contributed by atoms with Crippen molar-refractivity contribution < 1.29 is 49.3 Å². The van der Waals surface area contributed by atoms with E-state index in [4.69, 9.17) is 14.2 Å². The van der Waals surface area contributed by atoms with Gasteiger partial charge in [0.1, 0.15) is 29.8 Å². The van der Waals surface area contributed by atoms with Gasteiger partial charge in [-0.1, -0.05) is 24.3 Å². The molecule has 1 heterocycles. The molecule has 2 aromatic rings. The van der Waals surface area contributed by atoms with Crippen molar-refractivity contribution >= 4 is 24.1 Å². The summed E-state index contributed by atoms with van der Waals surface area (Å²) in [5, 5.41) is 48.9. The number of esters is 2. The number of carbonyl (C=O) groups excluding carboxylic acids is 2. The average Bonchev–Trinajstić information content (AvgIpc) is 2.83.